The fraction of sp³-hybridized carbons (Fsp3) is 0.192. The van der Waals surface area contributed by atoms with E-state index in [-0.39, 0.29) is 11.7 Å². The summed E-state index contributed by atoms with van der Waals surface area (Å²) in [5.41, 5.74) is 8.62. The van der Waals surface area contributed by atoms with Gasteiger partial charge < -0.3 is 9.97 Å². The Morgan fingerprint density at radius 1 is 0.806 bits per heavy atom. The van der Waals surface area contributed by atoms with E-state index < -0.39 is 0 Å². The number of allylic oxidation sites excluding steroid dienone is 1. The maximum absolute atomic E-state index is 12.2. The average Bonchev–Trinajstić information content (AvgIpc) is 3.51. The third-order valence-electron chi connectivity index (χ3n) is 5.53. The summed E-state index contributed by atoms with van der Waals surface area (Å²) in [6.07, 6.45) is 7.33. The van der Waals surface area contributed by atoms with Crippen LogP contribution in [0, 0.1) is 5.92 Å². The molecular weight excluding hydrogens is 384 g/mol. The van der Waals surface area contributed by atoms with Gasteiger partial charge in [0.15, 0.2) is 0 Å². The Morgan fingerprint density at radius 2 is 1.35 bits per heavy atom. The third kappa shape index (κ3) is 4.26. The molecule has 0 saturated carbocycles. The first-order chi connectivity index (χ1) is 15.0. The summed E-state index contributed by atoms with van der Waals surface area (Å²) >= 11 is 0. The van der Waals surface area contributed by atoms with Crippen molar-refractivity contribution in [1.29, 1.82) is 0 Å². The highest BCUT2D eigenvalue weighted by Crippen LogP contribution is 2.27. The number of rotatable bonds is 4. The molecule has 0 amide bonds. The minimum Gasteiger partial charge on any atom is -0.355 e. The SMILES string of the molecule is CC(C)C(=O)CCC1=Cc2cc3ccc(cc4nc(cc5ccc(cc1n2)[nH]5)C=C4)[nH]3. The number of hydrogen-bond acceptors (Lipinski definition) is 3. The van der Waals surface area contributed by atoms with E-state index in [1.807, 2.05) is 74.5 Å². The highest BCUT2D eigenvalue weighted by Gasteiger charge is 2.14. The fourth-order valence-electron chi connectivity index (χ4n) is 3.82. The Labute approximate surface area is 180 Å². The number of aromatic nitrogens is 4. The zero-order valence-corrected chi connectivity index (χ0v) is 17.6. The molecule has 0 spiro atoms. The van der Waals surface area contributed by atoms with Gasteiger partial charge in [0, 0.05) is 34.4 Å². The number of nitrogens with zero attached hydrogens (tertiary/aromatic N) is 2. The largest absolute Gasteiger partial charge is 0.355 e. The Morgan fingerprint density at radius 3 is 1.94 bits per heavy atom. The van der Waals surface area contributed by atoms with Gasteiger partial charge in [-0.25, -0.2) is 9.97 Å². The Hall–Kier alpha value is -3.73. The van der Waals surface area contributed by atoms with Crippen molar-refractivity contribution in [2.45, 2.75) is 26.7 Å². The number of ketones is 1. The Kier molecular flexibility index (Phi) is 4.86. The number of fused-ring (bicyclic) bond motifs is 8. The van der Waals surface area contributed by atoms with Gasteiger partial charge in [-0.3, -0.25) is 4.79 Å². The van der Waals surface area contributed by atoms with Crippen LogP contribution in [-0.2, 0) is 4.79 Å². The molecule has 2 N–H and O–H groups in total. The molecule has 5 rings (SSSR count). The second-order valence-corrected chi connectivity index (χ2v) is 8.32. The molecule has 5 heterocycles. The molecule has 5 heteroatoms. The van der Waals surface area contributed by atoms with Crippen molar-refractivity contribution in [3.05, 3.63) is 71.3 Å². The van der Waals surface area contributed by atoms with E-state index >= 15 is 0 Å². The number of aromatic amines is 2. The van der Waals surface area contributed by atoms with Gasteiger partial charge in [-0.05, 0) is 78.8 Å². The van der Waals surface area contributed by atoms with Gasteiger partial charge >= 0.3 is 0 Å². The standard InChI is InChI=1S/C26H24N4O/c1-16(2)26(31)10-3-17-11-24-14-22-7-6-20(28-22)12-18-4-5-19(27-18)13-21-8-9-23(29-21)15-25(17)30-24/h4-9,11-16,28-29H,3,10H2,1-2H3. The fourth-order valence-corrected chi connectivity index (χ4v) is 3.82. The molecule has 0 saturated heterocycles. The van der Waals surface area contributed by atoms with Crippen LogP contribution in [0.3, 0.4) is 0 Å². The lowest BCUT2D eigenvalue weighted by molar-refractivity contribution is -0.121. The Bertz CT molecular complexity index is 1390. The lowest BCUT2D eigenvalue weighted by Crippen LogP contribution is -2.06. The van der Waals surface area contributed by atoms with E-state index in [9.17, 15) is 4.79 Å². The first kappa shape index (κ1) is 19.2. The summed E-state index contributed by atoms with van der Waals surface area (Å²) in [6.45, 7) is 3.90. The van der Waals surface area contributed by atoms with Crippen LogP contribution in [0.15, 0.2) is 48.5 Å². The predicted molar refractivity (Wildman–Crippen MR) is 127 cm³/mol. The van der Waals surface area contributed by atoms with Crippen molar-refractivity contribution in [3.8, 4) is 0 Å². The summed E-state index contributed by atoms with van der Waals surface area (Å²) < 4.78 is 0. The van der Waals surface area contributed by atoms with E-state index in [0.29, 0.717) is 12.8 Å². The van der Waals surface area contributed by atoms with Gasteiger partial charge in [0.1, 0.15) is 5.78 Å². The summed E-state index contributed by atoms with van der Waals surface area (Å²) in [4.78, 5) is 28.5. The minimum absolute atomic E-state index is 0.0520. The van der Waals surface area contributed by atoms with E-state index in [4.69, 9.17) is 4.98 Å². The highest BCUT2D eigenvalue weighted by atomic mass is 16.1. The molecule has 8 bridgehead atoms. The molecule has 0 aromatic carbocycles. The molecule has 2 aliphatic rings. The smallest absolute Gasteiger partial charge is 0.135 e. The molecule has 0 aliphatic carbocycles. The summed E-state index contributed by atoms with van der Waals surface area (Å²) in [6, 6.07) is 16.3. The van der Waals surface area contributed by atoms with E-state index in [0.717, 1.165) is 50.4 Å². The number of carbonyl (C=O) groups is 1. The quantitative estimate of drug-likeness (QED) is 0.433. The molecule has 0 atom stereocenters. The van der Waals surface area contributed by atoms with Crippen molar-refractivity contribution in [3.63, 3.8) is 0 Å². The summed E-state index contributed by atoms with van der Waals surface area (Å²) in [5.74, 6) is 0.329. The van der Waals surface area contributed by atoms with Crippen LogP contribution in [-0.4, -0.2) is 25.7 Å². The number of hydrogen-bond donors (Lipinski definition) is 2. The number of nitrogens with one attached hydrogen (secondary N) is 2. The lowest BCUT2D eigenvalue weighted by Gasteiger charge is -2.04. The first-order valence-electron chi connectivity index (χ1n) is 10.6. The lowest BCUT2D eigenvalue weighted by atomic mass is 9.99. The zero-order valence-electron chi connectivity index (χ0n) is 17.6. The zero-order chi connectivity index (χ0) is 21.4. The Balaban J connectivity index is 1.67. The van der Waals surface area contributed by atoms with Gasteiger partial charge in [0.25, 0.3) is 0 Å². The minimum atomic E-state index is 0.0520. The molecule has 2 aliphatic heterocycles. The molecular formula is C26H24N4O. The second-order valence-electron chi connectivity index (χ2n) is 8.32. The molecule has 31 heavy (non-hydrogen) atoms. The normalized spacial score (nSPS) is 12.9. The monoisotopic (exact) mass is 408 g/mol. The van der Waals surface area contributed by atoms with E-state index in [2.05, 4.69) is 21.0 Å². The molecule has 5 nitrogen and oxygen atoms in total. The molecule has 0 fully saturated rings. The van der Waals surface area contributed by atoms with Crippen molar-refractivity contribution in [2.75, 3.05) is 0 Å². The van der Waals surface area contributed by atoms with Crippen LogP contribution in [0.4, 0.5) is 0 Å². The molecule has 3 aromatic rings. The van der Waals surface area contributed by atoms with Crippen molar-refractivity contribution >= 4 is 51.7 Å². The topological polar surface area (TPSA) is 74.4 Å². The molecule has 3 aromatic heterocycles. The summed E-state index contributed by atoms with van der Waals surface area (Å²) in [5, 5.41) is 0. The van der Waals surface area contributed by atoms with Crippen molar-refractivity contribution in [2.24, 2.45) is 5.92 Å². The third-order valence-corrected chi connectivity index (χ3v) is 5.53. The molecule has 154 valence electrons. The number of carbonyl (C=O) groups excluding carboxylic acids is 1. The van der Waals surface area contributed by atoms with Gasteiger partial charge in [0.05, 0.1) is 22.8 Å². The summed E-state index contributed by atoms with van der Waals surface area (Å²) in [7, 11) is 0. The van der Waals surface area contributed by atoms with Gasteiger partial charge in [-0.1, -0.05) is 13.8 Å². The van der Waals surface area contributed by atoms with Crippen LogP contribution in [0.1, 0.15) is 49.5 Å². The van der Waals surface area contributed by atoms with Crippen LogP contribution in [0.5, 0.6) is 0 Å². The van der Waals surface area contributed by atoms with Crippen LogP contribution >= 0.6 is 0 Å². The van der Waals surface area contributed by atoms with Crippen LogP contribution in [0.2, 0.25) is 0 Å². The van der Waals surface area contributed by atoms with Crippen molar-refractivity contribution in [1.82, 2.24) is 19.9 Å². The number of Topliss-reactive ketones (excluding diaryl/α,β-unsaturated/α-hetero) is 1. The molecule has 0 unspecified atom stereocenters. The van der Waals surface area contributed by atoms with E-state index in [1.54, 1.807) is 0 Å². The highest BCUT2D eigenvalue weighted by molar-refractivity contribution is 5.88. The van der Waals surface area contributed by atoms with E-state index in [1.165, 1.54) is 0 Å². The van der Waals surface area contributed by atoms with Gasteiger partial charge in [-0.2, -0.15) is 0 Å². The average molecular weight is 409 g/mol. The maximum Gasteiger partial charge on any atom is 0.135 e. The van der Waals surface area contributed by atoms with Gasteiger partial charge in [0.2, 0.25) is 0 Å². The second kappa shape index (κ2) is 7.84. The first-order valence-corrected chi connectivity index (χ1v) is 10.6. The predicted octanol–water partition coefficient (Wildman–Crippen LogP) is 6.03. The van der Waals surface area contributed by atoms with Crippen molar-refractivity contribution < 1.29 is 4.79 Å². The van der Waals surface area contributed by atoms with Gasteiger partial charge in [-0.15, -0.1) is 0 Å². The van der Waals surface area contributed by atoms with Crippen LogP contribution < -0.4 is 0 Å². The molecule has 0 radical (unpaired) electrons. The van der Waals surface area contributed by atoms with Crippen LogP contribution in [0.25, 0.3) is 45.9 Å². The maximum atomic E-state index is 12.2. The number of H-pyrrole nitrogens is 2.